The molecule has 0 fully saturated rings. The van der Waals surface area contributed by atoms with Crippen molar-refractivity contribution in [3.05, 3.63) is 0 Å². The van der Waals surface area contributed by atoms with E-state index < -0.39 is 65.7 Å². The molecule has 0 aliphatic heterocycles. The lowest BCUT2D eigenvalue weighted by molar-refractivity contribution is -0.143. The fourth-order valence-electron chi connectivity index (χ4n) is 3.15. The molecule has 0 radical (unpaired) electrons. The maximum Gasteiger partial charge on any atom is 0.326 e. The highest BCUT2D eigenvalue weighted by Gasteiger charge is 2.32. The van der Waals surface area contributed by atoms with E-state index in [-0.39, 0.29) is 38.0 Å². The molecule has 0 aromatic rings. The molecular formula is C22H39N5O8. The van der Waals surface area contributed by atoms with E-state index >= 15 is 0 Å². The summed E-state index contributed by atoms with van der Waals surface area (Å²) in [6, 6.07) is -4.76. The Hall–Kier alpha value is -3.22. The Morgan fingerprint density at radius 2 is 1.37 bits per heavy atom. The monoisotopic (exact) mass is 501 g/mol. The lowest BCUT2D eigenvalue weighted by Gasteiger charge is -2.28. The number of hydrogen-bond acceptors (Lipinski definition) is 7. The third-order valence-corrected chi connectivity index (χ3v) is 5.43. The first-order valence-electron chi connectivity index (χ1n) is 11.6. The number of hydrogen-bond donors (Lipinski definition) is 7. The summed E-state index contributed by atoms with van der Waals surface area (Å²) in [6.07, 6.45) is -0.272. The van der Waals surface area contributed by atoms with Crippen LogP contribution in [0.15, 0.2) is 0 Å². The molecule has 0 aliphatic carbocycles. The van der Waals surface area contributed by atoms with Crippen LogP contribution in [-0.4, -0.2) is 69.9 Å². The van der Waals surface area contributed by atoms with Crippen LogP contribution in [0.5, 0.6) is 0 Å². The number of aliphatic carboxylic acids is 2. The number of nitrogens with two attached hydrogens (primary N) is 2. The summed E-state index contributed by atoms with van der Waals surface area (Å²) in [4.78, 5) is 71.8. The molecule has 9 N–H and O–H groups in total. The van der Waals surface area contributed by atoms with E-state index in [2.05, 4.69) is 16.0 Å². The predicted octanol–water partition coefficient (Wildman–Crippen LogP) is -0.925. The molecule has 35 heavy (non-hydrogen) atoms. The molecule has 0 saturated carbocycles. The summed E-state index contributed by atoms with van der Waals surface area (Å²) < 4.78 is 0. The molecule has 0 aliphatic rings. The Balaban J connectivity index is 5.60. The van der Waals surface area contributed by atoms with Gasteiger partial charge >= 0.3 is 11.9 Å². The van der Waals surface area contributed by atoms with E-state index in [0.29, 0.717) is 6.42 Å². The summed E-state index contributed by atoms with van der Waals surface area (Å²) in [5.41, 5.74) is 10.9. The molecule has 0 aromatic carbocycles. The summed E-state index contributed by atoms with van der Waals surface area (Å²) in [7, 11) is 0. The molecule has 0 bridgehead atoms. The molecule has 13 nitrogen and oxygen atoms in total. The van der Waals surface area contributed by atoms with Crippen molar-refractivity contribution in [1.82, 2.24) is 16.0 Å². The third kappa shape index (κ3) is 12.7. The van der Waals surface area contributed by atoms with E-state index in [9.17, 15) is 33.9 Å². The average molecular weight is 502 g/mol. The number of carboxylic acid groups (broad SMARTS) is 2. The van der Waals surface area contributed by atoms with Crippen LogP contribution in [0.2, 0.25) is 0 Å². The van der Waals surface area contributed by atoms with Crippen LogP contribution in [0.4, 0.5) is 0 Å². The molecular weight excluding hydrogens is 462 g/mol. The van der Waals surface area contributed by atoms with Gasteiger partial charge in [0.2, 0.25) is 23.6 Å². The fourth-order valence-corrected chi connectivity index (χ4v) is 3.15. The number of carboxylic acids is 2. The molecule has 0 rings (SSSR count). The van der Waals surface area contributed by atoms with Gasteiger partial charge in [0.15, 0.2) is 0 Å². The first-order valence-corrected chi connectivity index (χ1v) is 11.6. The Bertz CT molecular complexity index is 773. The minimum atomic E-state index is -1.28. The molecule has 0 heterocycles. The van der Waals surface area contributed by atoms with Gasteiger partial charge in [-0.2, -0.15) is 0 Å². The second-order valence-corrected chi connectivity index (χ2v) is 9.01. The Kier molecular flexibility index (Phi) is 14.2. The normalized spacial score (nSPS) is 15.3. The van der Waals surface area contributed by atoms with Gasteiger partial charge in [-0.05, 0) is 31.1 Å². The van der Waals surface area contributed by atoms with E-state index in [1.165, 1.54) is 0 Å². The lowest BCUT2D eigenvalue weighted by Crippen LogP contribution is -2.58. The quantitative estimate of drug-likeness (QED) is 0.130. The van der Waals surface area contributed by atoms with Gasteiger partial charge in [-0.25, -0.2) is 4.79 Å². The Morgan fingerprint density at radius 3 is 1.83 bits per heavy atom. The van der Waals surface area contributed by atoms with Crippen molar-refractivity contribution >= 4 is 35.6 Å². The third-order valence-electron chi connectivity index (χ3n) is 5.43. The van der Waals surface area contributed by atoms with E-state index in [0.717, 1.165) is 0 Å². The zero-order valence-corrected chi connectivity index (χ0v) is 20.7. The molecule has 5 atom stereocenters. The Morgan fingerprint density at radius 1 is 0.800 bits per heavy atom. The van der Waals surface area contributed by atoms with Crippen LogP contribution >= 0.6 is 0 Å². The second kappa shape index (κ2) is 15.6. The lowest BCUT2D eigenvalue weighted by atomic mass is 9.96. The predicted molar refractivity (Wildman–Crippen MR) is 126 cm³/mol. The van der Waals surface area contributed by atoms with Crippen molar-refractivity contribution in [3.63, 3.8) is 0 Å². The molecule has 0 aromatic heterocycles. The van der Waals surface area contributed by atoms with Gasteiger partial charge in [0.05, 0.1) is 6.04 Å². The van der Waals surface area contributed by atoms with Gasteiger partial charge in [0.25, 0.3) is 0 Å². The van der Waals surface area contributed by atoms with Crippen LogP contribution in [0.1, 0.15) is 66.2 Å². The van der Waals surface area contributed by atoms with Gasteiger partial charge in [-0.15, -0.1) is 0 Å². The molecule has 0 spiro atoms. The highest BCUT2D eigenvalue weighted by molar-refractivity contribution is 5.94. The fraction of sp³-hybridized carbons (Fsp3) is 0.727. The molecule has 13 heteroatoms. The summed E-state index contributed by atoms with van der Waals surface area (Å²) in [6.45, 7) is 7.04. The van der Waals surface area contributed by atoms with Crippen LogP contribution in [0.25, 0.3) is 0 Å². The molecule has 4 amide bonds. The van der Waals surface area contributed by atoms with Gasteiger partial charge in [-0.1, -0.05) is 34.1 Å². The van der Waals surface area contributed by atoms with Crippen molar-refractivity contribution in [3.8, 4) is 0 Å². The summed E-state index contributed by atoms with van der Waals surface area (Å²) in [5, 5.41) is 25.5. The Labute approximate surface area is 204 Å². The molecule has 200 valence electrons. The SMILES string of the molecule is CC[C@H](C)[C@H](NC(=O)[C@@H](N)CCC(=O)O)C(=O)N[C@@H](CCC(N)=O)C(=O)N[C@@H](CC(C)C)C(=O)O. The first kappa shape index (κ1) is 31.8. The van der Waals surface area contributed by atoms with Gasteiger partial charge in [0.1, 0.15) is 18.1 Å². The van der Waals surface area contributed by atoms with E-state index in [1.807, 2.05) is 0 Å². The van der Waals surface area contributed by atoms with Crippen LogP contribution < -0.4 is 27.4 Å². The molecule has 0 saturated heterocycles. The number of nitrogens with one attached hydrogen (secondary N) is 3. The number of amides is 4. The van der Waals surface area contributed by atoms with Crippen molar-refractivity contribution in [1.29, 1.82) is 0 Å². The number of rotatable bonds is 17. The van der Waals surface area contributed by atoms with Crippen molar-refractivity contribution < 1.29 is 39.0 Å². The smallest absolute Gasteiger partial charge is 0.326 e. The molecule has 0 unspecified atom stereocenters. The number of carbonyl (C=O) groups is 6. The van der Waals surface area contributed by atoms with Crippen LogP contribution in [0, 0.1) is 11.8 Å². The van der Waals surface area contributed by atoms with Crippen molar-refractivity contribution in [2.75, 3.05) is 0 Å². The zero-order valence-electron chi connectivity index (χ0n) is 20.7. The average Bonchev–Trinajstić information content (AvgIpc) is 2.76. The summed E-state index contributed by atoms with van der Waals surface area (Å²) >= 11 is 0. The van der Waals surface area contributed by atoms with E-state index in [4.69, 9.17) is 16.6 Å². The van der Waals surface area contributed by atoms with Gasteiger partial charge in [0, 0.05) is 12.8 Å². The maximum atomic E-state index is 13.1. The minimum absolute atomic E-state index is 0.0367. The zero-order chi connectivity index (χ0) is 27.3. The largest absolute Gasteiger partial charge is 0.481 e. The van der Waals surface area contributed by atoms with E-state index in [1.54, 1.807) is 27.7 Å². The van der Waals surface area contributed by atoms with Gasteiger partial charge < -0.3 is 37.6 Å². The van der Waals surface area contributed by atoms with Crippen molar-refractivity contribution in [2.24, 2.45) is 23.3 Å². The second-order valence-electron chi connectivity index (χ2n) is 9.01. The van der Waals surface area contributed by atoms with Gasteiger partial charge in [-0.3, -0.25) is 24.0 Å². The number of carbonyl (C=O) groups excluding carboxylic acids is 4. The maximum absolute atomic E-state index is 13.1. The first-order chi connectivity index (χ1) is 16.2. The highest BCUT2D eigenvalue weighted by Crippen LogP contribution is 2.11. The topological polar surface area (TPSA) is 231 Å². The standard InChI is InChI=1S/C22H39N5O8/c1-5-12(4)18(27-19(31)13(23)6-9-17(29)30)21(33)25-14(7-8-16(24)28)20(32)26-15(22(34)35)10-11(2)3/h11-15,18H,5-10,23H2,1-4H3,(H2,24,28)(H,25,33)(H,26,32)(H,27,31)(H,29,30)(H,34,35)/t12-,13-,14-,15-,18-/m0/s1. The van der Waals surface area contributed by atoms with Crippen LogP contribution in [-0.2, 0) is 28.8 Å². The number of primary amides is 1. The summed E-state index contributed by atoms with van der Waals surface area (Å²) in [5.74, 6) is -5.78. The van der Waals surface area contributed by atoms with Crippen LogP contribution in [0.3, 0.4) is 0 Å². The minimum Gasteiger partial charge on any atom is -0.481 e. The highest BCUT2D eigenvalue weighted by atomic mass is 16.4. The van der Waals surface area contributed by atoms with Crippen molar-refractivity contribution in [2.45, 2.75) is 90.4 Å².